The molecule has 1 aromatic heterocycles. The molecule has 0 bridgehead atoms. The maximum atomic E-state index is 5.13. The van der Waals surface area contributed by atoms with Crippen LogP contribution in [0.5, 0.6) is 5.75 Å². The van der Waals surface area contributed by atoms with E-state index >= 15 is 0 Å². The highest BCUT2D eigenvalue weighted by atomic mass is 16.5. The second-order valence-electron chi connectivity index (χ2n) is 5.43. The first-order chi connectivity index (χ1) is 8.98. The molecule has 0 spiro atoms. The van der Waals surface area contributed by atoms with Crippen LogP contribution < -0.4 is 10.1 Å². The number of hydrogen-bond acceptors (Lipinski definition) is 4. The Balaban J connectivity index is 2.07. The molecule has 0 saturated carbocycles. The molecule has 0 unspecified atom stereocenters. The van der Waals surface area contributed by atoms with Crippen molar-refractivity contribution in [1.82, 2.24) is 20.3 Å². The molecule has 1 N–H and O–H groups in total. The second kappa shape index (κ2) is 5.40. The molecule has 19 heavy (non-hydrogen) atoms. The fourth-order valence-electron chi connectivity index (χ4n) is 1.57. The number of aromatic nitrogens is 3. The molecular formula is C14H20N4O. The normalized spacial score (nSPS) is 11.6. The Labute approximate surface area is 113 Å². The monoisotopic (exact) mass is 260 g/mol. The van der Waals surface area contributed by atoms with E-state index in [1.165, 1.54) is 0 Å². The summed E-state index contributed by atoms with van der Waals surface area (Å²) in [6.07, 6.45) is 1.78. The molecule has 0 atom stereocenters. The highest BCUT2D eigenvalue weighted by molar-refractivity contribution is 5.35. The van der Waals surface area contributed by atoms with Gasteiger partial charge < -0.3 is 10.1 Å². The Kier molecular flexibility index (Phi) is 3.85. The Morgan fingerprint density at radius 2 is 1.89 bits per heavy atom. The summed E-state index contributed by atoms with van der Waals surface area (Å²) in [6.45, 7) is 7.09. The zero-order valence-corrected chi connectivity index (χ0v) is 11.8. The lowest BCUT2D eigenvalue weighted by molar-refractivity contribution is 0.414. The third-order valence-electron chi connectivity index (χ3n) is 2.64. The first-order valence-electron chi connectivity index (χ1n) is 6.28. The smallest absolute Gasteiger partial charge is 0.119 e. The molecule has 5 nitrogen and oxygen atoms in total. The van der Waals surface area contributed by atoms with Crippen LogP contribution in [0, 0.1) is 0 Å². The fraction of sp³-hybridized carbons (Fsp3) is 0.429. The van der Waals surface area contributed by atoms with Crippen molar-refractivity contribution in [1.29, 1.82) is 0 Å². The lowest BCUT2D eigenvalue weighted by atomic mass is 10.1. The van der Waals surface area contributed by atoms with Crippen LogP contribution in [-0.2, 0) is 6.54 Å². The van der Waals surface area contributed by atoms with Crippen molar-refractivity contribution in [2.45, 2.75) is 32.9 Å². The van der Waals surface area contributed by atoms with Crippen molar-refractivity contribution in [3.8, 4) is 11.4 Å². The summed E-state index contributed by atoms with van der Waals surface area (Å²) in [5.74, 6) is 0.825. The van der Waals surface area contributed by atoms with Crippen LogP contribution in [-0.4, -0.2) is 27.6 Å². The van der Waals surface area contributed by atoms with Crippen molar-refractivity contribution < 1.29 is 4.74 Å². The van der Waals surface area contributed by atoms with E-state index in [4.69, 9.17) is 4.74 Å². The number of methoxy groups -OCH3 is 1. The minimum atomic E-state index is 0.0733. The quantitative estimate of drug-likeness (QED) is 0.915. The molecule has 1 aromatic carbocycles. The lowest BCUT2D eigenvalue weighted by Crippen LogP contribution is -2.35. The Morgan fingerprint density at radius 3 is 2.47 bits per heavy atom. The molecule has 0 fully saturated rings. The van der Waals surface area contributed by atoms with Crippen LogP contribution >= 0.6 is 0 Å². The zero-order chi connectivity index (χ0) is 13.9. The molecule has 0 aliphatic carbocycles. The number of benzene rings is 1. The van der Waals surface area contributed by atoms with Crippen LogP contribution in [0.4, 0.5) is 0 Å². The molecule has 2 rings (SSSR count). The average Bonchev–Trinajstić information content (AvgIpc) is 2.84. The maximum Gasteiger partial charge on any atom is 0.119 e. The molecular weight excluding hydrogens is 240 g/mol. The number of ether oxygens (including phenoxy) is 1. The highest BCUT2D eigenvalue weighted by Crippen LogP contribution is 2.13. The van der Waals surface area contributed by atoms with Gasteiger partial charge in [-0.05, 0) is 45.0 Å². The maximum absolute atomic E-state index is 5.13. The van der Waals surface area contributed by atoms with E-state index < -0.39 is 0 Å². The van der Waals surface area contributed by atoms with Gasteiger partial charge in [-0.1, -0.05) is 0 Å². The molecule has 0 radical (unpaired) electrons. The summed E-state index contributed by atoms with van der Waals surface area (Å²) >= 11 is 0. The number of nitrogens with one attached hydrogen (secondary N) is 1. The third-order valence-corrected chi connectivity index (χ3v) is 2.64. The van der Waals surface area contributed by atoms with Crippen LogP contribution in [0.1, 0.15) is 26.5 Å². The van der Waals surface area contributed by atoms with Crippen molar-refractivity contribution >= 4 is 0 Å². The van der Waals surface area contributed by atoms with E-state index in [1.807, 2.05) is 24.3 Å². The van der Waals surface area contributed by atoms with E-state index in [1.54, 1.807) is 18.1 Å². The summed E-state index contributed by atoms with van der Waals surface area (Å²) in [6, 6.07) is 7.65. The van der Waals surface area contributed by atoms with Gasteiger partial charge in [-0.3, -0.25) is 0 Å². The lowest BCUT2D eigenvalue weighted by Gasteiger charge is -2.19. The number of nitrogens with zero attached hydrogens (tertiary/aromatic N) is 3. The predicted molar refractivity (Wildman–Crippen MR) is 74.5 cm³/mol. The van der Waals surface area contributed by atoms with E-state index in [2.05, 4.69) is 36.3 Å². The number of rotatable bonds is 4. The average molecular weight is 260 g/mol. The predicted octanol–water partition coefficient (Wildman–Crippen LogP) is 2.16. The zero-order valence-electron chi connectivity index (χ0n) is 11.8. The van der Waals surface area contributed by atoms with Gasteiger partial charge in [0.1, 0.15) is 5.75 Å². The molecule has 1 heterocycles. The minimum Gasteiger partial charge on any atom is -0.497 e. The Hall–Kier alpha value is -1.88. The molecule has 0 saturated heterocycles. The van der Waals surface area contributed by atoms with Crippen LogP contribution in [0.25, 0.3) is 5.69 Å². The SMILES string of the molecule is COc1ccc(-n2ncc(CNC(C)(C)C)n2)cc1. The first kappa shape index (κ1) is 13.5. The molecule has 2 aromatic rings. The summed E-state index contributed by atoms with van der Waals surface area (Å²) in [7, 11) is 1.65. The van der Waals surface area contributed by atoms with Gasteiger partial charge in [-0.15, -0.1) is 0 Å². The van der Waals surface area contributed by atoms with Crippen LogP contribution in [0.3, 0.4) is 0 Å². The summed E-state index contributed by atoms with van der Waals surface area (Å²) in [4.78, 5) is 1.62. The number of hydrogen-bond donors (Lipinski definition) is 1. The van der Waals surface area contributed by atoms with Gasteiger partial charge in [-0.25, -0.2) is 0 Å². The molecule has 5 heteroatoms. The first-order valence-corrected chi connectivity index (χ1v) is 6.28. The highest BCUT2D eigenvalue weighted by Gasteiger charge is 2.10. The standard InChI is InChI=1S/C14H20N4O/c1-14(2,3)15-9-11-10-16-18(17-11)12-5-7-13(19-4)8-6-12/h5-8,10,15H,9H2,1-4H3. The largest absolute Gasteiger partial charge is 0.497 e. The summed E-state index contributed by atoms with van der Waals surface area (Å²) in [5, 5.41) is 12.1. The van der Waals surface area contributed by atoms with E-state index in [-0.39, 0.29) is 5.54 Å². The second-order valence-corrected chi connectivity index (χ2v) is 5.43. The molecule has 0 amide bonds. The van der Waals surface area contributed by atoms with Crippen molar-refractivity contribution in [2.75, 3.05) is 7.11 Å². The van der Waals surface area contributed by atoms with Gasteiger partial charge in [0.05, 0.1) is 24.7 Å². The van der Waals surface area contributed by atoms with Gasteiger partial charge in [0.2, 0.25) is 0 Å². The van der Waals surface area contributed by atoms with E-state index in [0.29, 0.717) is 6.54 Å². The van der Waals surface area contributed by atoms with Crippen molar-refractivity contribution in [3.63, 3.8) is 0 Å². The van der Waals surface area contributed by atoms with Gasteiger partial charge >= 0.3 is 0 Å². The van der Waals surface area contributed by atoms with Gasteiger partial charge in [0.25, 0.3) is 0 Å². The van der Waals surface area contributed by atoms with E-state index in [9.17, 15) is 0 Å². The van der Waals surface area contributed by atoms with Crippen molar-refractivity contribution in [2.24, 2.45) is 0 Å². The minimum absolute atomic E-state index is 0.0733. The fourth-order valence-corrected chi connectivity index (χ4v) is 1.57. The third kappa shape index (κ3) is 3.79. The molecule has 0 aliphatic rings. The van der Waals surface area contributed by atoms with E-state index in [0.717, 1.165) is 17.1 Å². The molecule has 102 valence electrons. The Morgan fingerprint density at radius 1 is 1.21 bits per heavy atom. The molecule has 0 aliphatic heterocycles. The van der Waals surface area contributed by atoms with Gasteiger partial charge in [-0.2, -0.15) is 15.0 Å². The summed E-state index contributed by atoms with van der Waals surface area (Å²) in [5.41, 5.74) is 1.91. The van der Waals surface area contributed by atoms with Gasteiger partial charge in [0, 0.05) is 12.1 Å². The van der Waals surface area contributed by atoms with Crippen LogP contribution in [0.2, 0.25) is 0 Å². The Bertz CT molecular complexity index is 525. The van der Waals surface area contributed by atoms with Gasteiger partial charge in [0.15, 0.2) is 0 Å². The topological polar surface area (TPSA) is 52.0 Å². The van der Waals surface area contributed by atoms with Crippen LogP contribution in [0.15, 0.2) is 30.5 Å². The van der Waals surface area contributed by atoms with Crippen molar-refractivity contribution in [3.05, 3.63) is 36.2 Å². The summed E-state index contributed by atoms with van der Waals surface area (Å²) < 4.78 is 5.13.